The molecule has 4 N–H and O–H groups in total. The molecule has 16 heteroatoms. The Hall–Kier alpha value is -5.70. The Kier molecular flexibility index (Phi) is 10.5. The summed E-state index contributed by atoms with van der Waals surface area (Å²) in [5.41, 5.74) is 3.56. The number of likely N-dealkylation sites (tertiary alicyclic amines) is 2. The number of H-pyrrole nitrogens is 2. The normalized spacial score (nSPS) is 25.8. The summed E-state index contributed by atoms with van der Waals surface area (Å²) in [4.78, 5) is 72.7. The molecule has 10 atom stereocenters. The van der Waals surface area contributed by atoms with Crippen LogP contribution in [0.1, 0.15) is 78.1 Å². The second-order valence-corrected chi connectivity index (χ2v) is 18.6. The van der Waals surface area contributed by atoms with Gasteiger partial charge >= 0.3 is 12.2 Å². The van der Waals surface area contributed by atoms with Gasteiger partial charge in [-0.15, -0.1) is 0 Å². The van der Waals surface area contributed by atoms with E-state index in [0.29, 0.717) is 41.4 Å². The van der Waals surface area contributed by atoms with Gasteiger partial charge in [0.1, 0.15) is 40.4 Å². The van der Waals surface area contributed by atoms with Crippen LogP contribution < -0.4 is 10.6 Å². The largest absolute Gasteiger partial charge is 0.453 e. The van der Waals surface area contributed by atoms with E-state index in [-0.39, 0.29) is 64.1 Å². The van der Waals surface area contributed by atoms with Gasteiger partial charge in [-0.1, -0.05) is 77.4 Å². The fourth-order valence-corrected chi connectivity index (χ4v) is 10.6. The monoisotopic (exact) mass is 866 g/mol. The van der Waals surface area contributed by atoms with E-state index in [0.717, 1.165) is 33.8 Å². The zero-order chi connectivity index (χ0) is 44.0. The molecule has 4 amide bonds. The van der Waals surface area contributed by atoms with E-state index in [9.17, 15) is 19.2 Å². The predicted octanol–water partition coefficient (Wildman–Crippen LogP) is 8.14. The number of ether oxygens (including phenoxy) is 2. The van der Waals surface area contributed by atoms with Crippen LogP contribution in [-0.4, -0.2) is 92.1 Å². The van der Waals surface area contributed by atoms with Crippen LogP contribution in [0, 0.1) is 41.3 Å². The molecular formula is C46H52ClFN8O6. The SMILES string of the molecule is COC(=O)N[C@H](C(=O)N1[C@@H]2[C@H](C)[C@@H]2C[C@H]1c1nc(-c2ccc(-c3ccc4c(ccc5[nH]c([C@@H]6C[C@H]7[C@@H](C)[C@H]7N6C(=O)[C@@H](NC(=O)OC)C(C)C)nc54)c3)cc2F)c(Cl)[nH]1)C(C)C. The number of methoxy groups -OCH3 is 2. The number of fused-ring (bicyclic) bond motifs is 5. The molecule has 4 heterocycles. The molecule has 62 heavy (non-hydrogen) atoms. The van der Waals surface area contributed by atoms with Crippen molar-refractivity contribution in [2.24, 2.45) is 35.5 Å². The maximum absolute atomic E-state index is 16.2. The van der Waals surface area contributed by atoms with Crippen LogP contribution in [0.15, 0.2) is 48.5 Å². The molecule has 2 aromatic heterocycles. The average molecular weight is 867 g/mol. The molecule has 4 fully saturated rings. The number of piperidine rings is 2. The van der Waals surface area contributed by atoms with Crippen molar-refractivity contribution >= 4 is 57.4 Å². The molecule has 2 saturated heterocycles. The highest BCUT2D eigenvalue weighted by atomic mass is 35.5. The number of halogens is 2. The Bertz CT molecular complexity index is 2630. The predicted molar refractivity (Wildman–Crippen MR) is 231 cm³/mol. The van der Waals surface area contributed by atoms with Crippen LogP contribution in [0.25, 0.3) is 44.2 Å². The van der Waals surface area contributed by atoms with E-state index in [1.807, 2.05) is 73.9 Å². The summed E-state index contributed by atoms with van der Waals surface area (Å²) in [6, 6.07) is 12.8. The number of carbonyl (C=O) groups is 4. The summed E-state index contributed by atoms with van der Waals surface area (Å²) in [5.74, 6) is 1.31. The minimum absolute atomic E-state index is 0.00765. The van der Waals surface area contributed by atoms with E-state index in [1.165, 1.54) is 20.3 Å². The quantitative estimate of drug-likeness (QED) is 0.109. The topological polar surface area (TPSA) is 175 Å². The first kappa shape index (κ1) is 41.6. The fourth-order valence-electron chi connectivity index (χ4n) is 10.4. The van der Waals surface area contributed by atoms with Crippen molar-refractivity contribution in [2.75, 3.05) is 14.2 Å². The maximum Gasteiger partial charge on any atom is 0.407 e. The molecule has 5 aromatic rings. The Balaban J connectivity index is 0.962. The lowest BCUT2D eigenvalue weighted by molar-refractivity contribution is -0.137. The van der Waals surface area contributed by atoms with Crippen LogP contribution in [0.5, 0.6) is 0 Å². The van der Waals surface area contributed by atoms with Crippen molar-refractivity contribution in [3.05, 3.63) is 71.2 Å². The third kappa shape index (κ3) is 6.92. The van der Waals surface area contributed by atoms with Gasteiger partial charge < -0.3 is 39.9 Å². The molecule has 2 aliphatic carbocycles. The van der Waals surface area contributed by atoms with Gasteiger partial charge in [-0.25, -0.2) is 23.9 Å². The Labute approximate surface area is 363 Å². The Morgan fingerprint density at radius 1 is 0.758 bits per heavy atom. The van der Waals surface area contributed by atoms with Crippen LogP contribution in [0.2, 0.25) is 5.15 Å². The molecule has 326 valence electrons. The average Bonchev–Trinajstić information content (AvgIpc) is 3.69. The molecular weight excluding hydrogens is 815 g/mol. The standard InChI is InChI=1S/C46H52ClFN8O6/c1-19(2)34(52-45(59)61-7)43(57)55-32(17-28-21(5)38(28)55)41-49-31-14-11-25-15-23(9-12-26(25)36(31)50-41)24-10-13-27(30(48)16-24)37-40(47)54-42(51-37)33-18-29-22(6)39(29)56(33)44(58)35(20(3)4)53-46(60)62-8/h9-16,19-22,28-29,32-35,38-39H,17-18H2,1-8H3,(H,49,50)(H,51,54)(H,52,59)(H,53,60)/t21-,22-,28+,29+,32+,33+,34+,35+,38-,39-/m1/s1. The third-order valence-corrected chi connectivity index (χ3v) is 14.2. The molecule has 0 spiro atoms. The van der Waals surface area contributed by atoms with Crippen molar-refractivity contribution in [3.63, 3.8) is 0 Å². The zero-order valence-electron chi connectivity index (χ0n) is 36.0. The van der Waals surface area contributed by atoms with Gasteiger partial charge in [0.2, 0.25) is 11.8 Å². The number of aromatic amines is 2. The molecule has 0 unspecified atom stereocenters. The maximum atomic E-state index is 16.2. The Morgan fingerprint density at radius 2 is 1.29 bits per heavy atom. The van der Waals surface area contributed by atoms with Crippen molar-refractivity contribution in [3.8, 4) is 22.4 Å². The highest BCUT2D eigenvalue weighted by Gasteiger charge is 2.63. The van der Waals surface area contributed by atoms with Crippen LogP contribution in [0.3, 0.4) is 0 Å². The van der Waals surface area contributed by atoms with Gasteiger partial charge in [0.25, 0.3) is 0 Å². The highest BCUT2D eigenvalue weighted by molar-refractivity contribution is 6.32. The first-order valence-electron chi connectivity index (χ1n) is 21.4. The minimum atomic E-state index is -0.791. The molecule has 2 aliphatic heterocycles. The van der Waals surface area contributed by atoms with Crippen molar-refractivity contribution < 1.29 is 33.0 Å². The number of nitrogens with zero attached hydrogens (tertiary/aromatic N) is 4. The highest BCUT2D eigenvalue weighted by Crippen LogP contribution is 2.59. The lowest BCUT2D eigenvalue weighted by atomic mass is 9.99. The summed E-state index contributed by atoms with van der Waals surface area (Å²) in [6.07, 6.45) is 0.138. The molecule has 9 rings (SSSR count). The molecule has 2 saturated carbocycles. The number of amides is 4. The first-order valence-corrected chi connectivity index (χ1v) is 21.8. The smallest absolute Gasteiger partial charge is 0.407 e. The van der Waals surface area contributed by atoms with Crippen molar-refractivity contribution in [1.82, 2.24) is 40.4 Å². The van der Waals surface area contributed by atoms with Gasteiger partial charge in [0.15, 0.2) is 0 Å². The van der Waals surface area contributed by atoms with E-state index in [2.05, 4.69) is 34.4 Å². The number of aromatic nitrogens is 4. The van der Waals surface area contributed by atoms with E-state index in [4.69, 9.17) is 31.0 Å². The second kappa shape index (κ2) is 15.6. The van der Waals surface area contributed by atoms with Crippen molar-refractivity contribution in [2.45, 2.75) is 90.6 Å². The van der Waals surface area contributed by atoms with Gasteiger partial charge in [0.05, 0.1) is 37.3 Å². The number of rotatable bonds is 10. The number of nitrogens with one attached hydrogen (secondary N) is 4. The summed E-state index contributed by atoms with van der Waals surface area (Å²) in [5, 5.41) is 7.44. The van der Waals surface area contributed by atoms with Crippen LogP contribution in [-0.2, 0) is 19.1 Å². The lowest BCUT2D eigenvalue weighted by Crippen LogP contribution is -2.52. The van der Waals surface area contributed by atoms with Gasteiger partial charge in [-0.05, 0) is 89.1 Å². The molecule has 3 aromatic carbocycles. The minimum Gasteiger partial charge on any atom is -0.453 e. The van der Waals surface area contributed by atoms with Gasteiger partial charge in [-0.3, -0.25) is 9.59 Å². The van der Waals surface area contributed by atoms with Crippen LogP contribution in [0.4, 0.5) is 14.0 Å². The summed E-state index contributed by atoms with van der Waals surface area (Å²) in [6.45, 7) is 11.8. The van der Waals surface area contributed by atoms with E-state index >= 15 is 4.39 Å². The first-order chi connectivity index (χ1) is 29.6. The van der Waals surface area contributed by atoms with Crippen molar-refractivity contribution in [1.29, 1.82) is 0 Å². The number of benzene rings is 3. The molecule has 14 nitrogen and oxygen atoms in total. The number of carbonyl (C=O) groups excluding carboxylic acids is 4. The lowest BCUT2D eigenvalue weighted by Gasteiger charge is -2.32. The summed E-state index contributed by atoms with van der Waals surface area (Å²) >= 11 is 6.73. The fraction of sp³-hybridized carbons (Fsp3) is 0.478. The van der Waals surface area contributed by atoms with Gasteiger partial charge in [0, 0.05) is 23.0 Å². The van der Waals surface area contributed by atoms with E-state index in [1.54, 1.807) is 6.07 Å². The number of hydrogen-bond donors (Lipinski definition) is 4. The van der Waals surface area contributed by atoms with Gasteiger partial charge in [-0.2, -0.15) is 0 Å². The summed E-state index contributed by atoms with van der Waals surface area (Å²) in [7, 11) is 2.55. The molecule has 4 aliphatic rings. The second-order valence-electron chi connectivity index (χ2n) is 18.2. The molecule has 0 radical (unpaired) electrons. The number of hydrogen-bond acceptors (Lipinski definition) is 8. The summed E-state index contributed by atoms with van der Waals surface area (Å²) < 4.78 is 25.8. The molecule has 0 bridgehead atoms. The van der Waals surface area contributed by atoms with E-state index < -0.39 is 36.1 Å². The zero-order valence-corrected chi connectivity index (χ0v) is 36.7. The Morgan fingerprint density at radius 3 is 1.82 bits per heavy atom. The third-order valence-electron chi connectivity index (χ3n) is 14.0. The number of alkyl carbamates (subject to hydrolysis) is 2. The number of imidazole rings is 2. The van der Waals surface area contributed by atoms with Crippen LogP contribution >= 0.6 is 11.6 Å².